The fraction of sp³-hybridized carbons (Fsp3) is 0.652. The van der Waals surface area contributed by atoms with Crippen LogP contribution in [0.5, 0.6) is 0 Å². The van der Waals surface area contributed by atoms with Gasteiger partial charge in [-0.25, -0.2) is 4.99 Å². The SMILES string of the molecule is CCNC(=NCc1ccc(N(C)C)cc1)N1CCN(C(C)C(=O)N2CCCC2)CC1. The van der Waals surface area contributed by atoms with Gasteiger partial charge in [0.05, 0.1) is 12.6 Å². The summed E-state index contributed by atoms with van der Waals surface area (Å²) < 4.78 is 0. The summed E-state index contributed by atoms with van der Waals surface area (Å²) >= 11 is 0. The van der Waals surface area contributed by atoms with E-state index in [1.54, 1.807) is 0 Å². The van der Waals surface area contributed by atoms with E-state index in [1.807, 2.05) is 4.90 Å². The van der Waals surface area contributed by atoms with Crippen molar-refractivity contribution in [3.05, 3.63) is 29.8 Å². The Balaban J connectivity index is 1.55. The second-order valence-corrected chi connectivity index (χ2v) is 8.46. The molecule has 2 aliphatic rings. The molecule has 0 aromatic heterocycles. The van der Waals surface area contributed by atoms with Gasteiger partial charge in [0.2, 0.25) is 5.91 Å². The number of anilines is 1. The average molecular weight is 415 g/mol. The number of likely N-dealkylation sites (tertiary alicyclic amines) is 1. The van der Waals surface area contributed by atoms with E-state index < -0.39 is 0 Å². The minimum atomic E-state index is -0.0278. The first kappa shape index (κ1) is 22.4. The lowest BCUT2D eigenvalue weighted by molar-refractivity contribution is -0.135. The molecule has 1 aromatic rings. The van der Waals surface area contributed by atoms with E-state index in [-0.39, 0.29) is 6.04 Å². The third-order valence-electron chi connectivity index (χ3n) is 6.14. The standard InChI is InChI=1S/C23H38N6O/c1-5-24-23(25-18-20-8-10-21(11-9-20)26(3)4)29-16-14-27(15-17-29)19(2)22(30)28-12-6-7-13-28/h8-11,19H,5-7,12-18H2,1-4H3,(H,24,25). The van der Waals surface area contributed by atoms with Crippen LogP contribution in [0, 0.1) is 0 Å². The monoisotopic (exact) mass is 414 g/mol. The zero-order valence-corrected chi connectivity index (χ0v) is 19.1. The smallest absolute Gasteiger partial charge is 0.239 e. The molecule has 7 nitrogen and oxygen atoms in total. The molecular formula is C23H38N6O. The van der Waals surface area contributed by atoms with Crippen LogP contribution in [0.1, 0.15) is 32.3 Å². The fourth-order valence-corrected chi connectivity index (χ4v) is 4.17. The van der Waals surface area contributed by atoms with Gasteiger partial charge >= 0.3 is 0 Å². The Bertz CT molecular complexity index is 703. The number of nitrogens with zero attached hydrogens (tertiary/aromatic N) is 5. The van der Waals surface area contributed by atoms with Gasteiger partial charge in [-0.1, -0.05) is 12.1 Å². The molecule has 2 saturated heterocycles. The highest BCUT2D eigenvalue weighted by molar-refractivity contribution is 5.82. The van der Waals surface area contributed by atoms with Gasteiger partial charge in [0.1, 0.15) is 0 Å². The van der Waals surface area contributed by atoms with Gasteiger partial charge in [-0.05, 0) is 44.4 Å². The first-order chi connectivity index (χ1) is 14.5. The number of aliphatic imine (C=N–C) groups is 1. The molecule has 0 aliphatic carbocycles. The van der Waals surface area contributed by atoms with E-state index >= 15 is 0 Å². The Labute approximate surface area is 181 Å². The van der Waals surface area contributed by atoms with Gasteiger partial charge < -0.3 is 20.0 Å². The molecule has 2 heterocycles. The maximum absolute atomic E-state index is 12.7. The third kappa shape index (κ3) is 5.65. The average Bonchev–Trinajstić information content (AvgIpc) is 3.31. The highest BCUT2D eigenvalue weighted by atomic mass is 16.2. The number of nitrogens with one attached hydrogen (secondary N) is 1. The summed E-state index contributed by atoms with van der Waals surface area (Å²) in [6.07, 6.45) is 2.29. The fourth-order valence-electron chi connectivity index (χ4n) is 4.17. The molecule has 3 rings (SSSR count). The molecule has 0 radical (unpaired) electrons. The van der Waals surface area contributed by atoms with Crippen molar-refractivity contribution < 1.29 is 4.79 Å². The van der Waals surface area contributed by atoms with Crippen molar-refractivity contribution in [3.63, 3.8) is 0 Å². The minimum Gasteiger partial charge on any atom is -0.378 e. The van der Waals surface area contributed by atoms with E-state index in [2.05, 4.69) is 72.2 Å². The summed E-state index contributed by atoms with van der Waals surface area (Å²) in [7, 11) is 4.10. The molecule has 1 aromatic carbocycles. The summed E-state index contributed by atoms with van der Waals surface area (Å²) in [5.41, 5.74) is 2.41. The summed E-state index contributed by atoms with van der Waals surface area (Å²) in [5.74, 6) is 1.26. The maximum atomic E-state index is 12.7. The van der Waals surface area contributed by atoms with E-state index in [1.165, 1.54) is 11.3 Å². The lowest BCUT2D eigenvalue weighted by Gasteiger charge is -2.39. The molecule has 1 unspecified atom stereocenters. The number of benzene rings is 1. The Morgan fingerprint density at radius 3 is 2.23 bits per heavy atom. The van der Waals surface area contributed by atoms with Crippen LogP contribution in [0.25, 0.3) is 0 Å². The molecule has 0 spiro atoms. The van der Waals surface area contributed by atoms with Crippen LogP contribution in [0.4, 0.5) is 5.69 Å². The molecule has 2 fully saturated rings. The minimum absolute atomic E-state index is 0.0278. The second kappa shape index (κ2) is 10.7. The third-order valence-corrected chi connectivity index (χ3v) is 6.14. The first-order valence-corrected chi connectivity index (χ1v) is 11.3. The number of hydrogen-bond acceptors (Lipinski definition) is 4. The summed E-state index contributed by atoms with van der Waals surface area (Å²) in [6.45, 7) is 11.1. The normalized spacial score (nSPS) is 19.1. The molecule has 7 heteroatoms. The number of piperazine rings is 1. The zero-order valence-electron chi connectivity index (χ0n) is 19.1. The molecule has 1 atom stereocenters. The van der Waals surface area contributed by atoms with Gasteiger partial charge in [-0.2, -0.15) is 0 Å². The van der Waals surface area contributed by atoms with E-state index in [0.29, 0.717) is 12.5 Å². The lowest BCUT2D eigenvalue weighted by Crippen LogP contribution is -2.57. The Morgan fingerprint density at radius 1 is 1.03 bits per heavy atom. The van der Waals surface area contributed by atoms with Gasteiger partial charge in [-0.15, -0.1) is 0 Å². The highest BCUT2D eigenvalue weighted by Gasteiger charge is 2.30. The molecule has 30 heavy (non-hydrogen) atoms. The van der Waals surface area contributed by atoms with Crippen LogP contribution < -0.4 is 10.2 Å². The maximum Gasteiger partial charge on any atom is 0.239 e. The molecule has 0 bridgehead atoms. The van der Waals surface area contributed by atoms with Gasteiger partial charge in [-0.3, -0.25) is 9.69 Å². The summed E-state index contributed by atoms with van der Waals surface area (Å²) in [4.78, 5) is 26.4. The number of rotatable bonds is 6. The number of hydrogen-bond donors (Lipinski definition) is 1. The van der Waals surface area contributed by atoms with Crippen molar-refractivity contribution in [2.24, 2.45) is 4.99 Å². The molecular weight excluding hydrogens is 376 g/mol. The van der Waals surface area contributed by atoms with Crippen molar-refractivity contribution in [1.82, 2.24) is 20.0 Å². The second-order valence-electron chi connectivity index (χ2n) is 8.46. The van der Waals surface area contributed by atoms with Crippen molar-refractivity contribution in [3.8, 4) is 0 Å². The van der Waals surface area contributed by atoms with Crippen LogP contribution in [0.3, 0.4) is 0 Å². The lowest BCUT2D eigenvalue weighted by atomic mass is 10.2. The number of carbonyl (C=O) groups excluding carboxylic acids is 1. The van der Waals surface area contributed by atoms with Gasteiger partial charge in [0.15, 0.2) is 5.96 Å². The highest BCUT2D eigenvalue weighted by Crippen LogP contribution is 2.15. The van der Waals surface area contributed by atoms with E-state index in [9.17, 15) is 4.79 Å². The van der Waals surface area contributed by atoms with Crippen molar-refractivity contribution >= 4 is 17.6 Å². The quantitative estimate of drug-likeness (QED) is 0.569. The Hall–Kier alpha value is -2.28. The molecule has 0 saturated carbocycles. The van der Waals surface area contributed by atoms with Gasteiger partial charge in [0, 0.05) is 65.6 Å². The van der Waals surface area contributed by atoms with Crippen LogP contribution in [-0.2, 0) is 11.3 Å². The predicted molar refractivity (Wildman–Crippen MR) is 124 cm³/mol. The first-order valence-electron chi connectivity index (χ1n) is 11.3. The van der Waals surface area contributed by atoms with Crippen molar-refractivity contribution in [1.29, 1.82) is 0 Å². The van der Waals surface area contributed by atoms with Crippen LogP contribution in [0.15, 0.2) is 29.3 Å². The molecule has 1 N–H and O–H groups in total. The van der Waals surface area contributed by atoms with E-state index in [0.717, 1.165) is 64.6 Å². The molecule has 2 aliphatic heterocycles. The molecule has 1 amide bonds. The van der Waals surface area contributed by atoms with Crippen LogP contribution in [-0.4, -0.2) is 92.5 Å². The van der Waals surface area contributed by atoms with Crippen molar-refractivity contribution in [2.75, 3.05) is 64.8 Å². The summed E-state index contributed by atoms with van der Waals surface area (Å²) in [5, 5.41) is 3.44. The van der Waals surface area contributed by atoms with Crippen LogP contribution >= 0.6 is 0 Å². The van der Waals surface area contributed by atoms with Gasteiger partial charge in [0.25, 0.3) is 0 Å². The van der Waals surface area contributed by atoms with Crippen molar-refractivity contribution in [2.45, 2.75) is 39.3 Å². The Morgan fingerprint density at radius 2 is 1.67 bits per heavy atom. The molecule has 166 valence electrons. The zero-order chi connectivity index (χ0) is 21.5. The van der Waals surface area contributed by atoms with Crippen LogP contribution in [0.2, 0.25) is 0 Å². The summed E-state index contributed by atoms with van der Waals surface area (Å²) in [6, 6.07) is 8.53. The van der Waals surface area contributed by atoms with E-state index in [4.69, 9.17) is 4.99 Å². The number of carbonyl (C=O) groups is 1. The topological polar surface area (TPSA) is 54.4 Å². The largest absolute Gasteiger partial charge is 0.378 e. The predicted octanol–water partition coefficient (Wildman–Crippen LogP) is 1.85. The number of guanidine groups is 1. The number of amides is 1. The Kier molecular flexibility index (Phi) is 7.96.